The molecule has 4 nitrogen and oxygen atoms in total. The van der Waals surface area contributed by atoms with E-state index in [1.54, 1.807) is 12.1 Å². The van der Waals surface area contributed by atoms with Crippen molar-refractivity contribution in [1.29, 1.82) is 0 Å². The van der Waals surface area contributed by atoms with Crippen LogP contribution in [-0.2, 0) is 0 Å². The number of nitrogens with one attached hydrogen (secondary N) is 2. The fourth-order valence-electron chi connectivity index (χ4n) is 3.20. The SMILES string of the molecule is COc1ccc(-c2ccc(C(=O)NC3CCNCC3C)c(F)c2)c(F)c1. The van der Waals surface area contributed by atoms with E-state index in [0.717, 1.165) is 19.5 Å². The molecular formula is C20H22F2N2O2. The highest BCUT2D eigenvalue weighted by atomic mass is 19.1. The van der Waals surface area contributed by atoms with Crippen LogP contribution in [0, 0.1) is 17.6 Å². The third-order valence-corrected chi connectivity index (χ3v) is 4.80. The van der Waals surface area contributed by atoms with Gasteiger partial charge in [-0.1, -0.05) is 13.0 Å². The average molecular weight is 360 g/mol. The molecule has 0 bridgehead atoms. The molecule has 1 saturated heterocycles. The van der Waals surface area contributed by atoms with Crippen LogP contribution < -0.4 is 15.4 Å². The highest BCUT2D eigenvalue weighted by molar-refractivity contribution is 5.95. The van der Waals surface area contributed by atoms with Crippen molar-refractivity contribution in [3.63, 3.8) is 0 Å². The Bertz CT molecular complexity index is 810. The van der Waals surface area contributed by atoms with E-state index < -0.39 is 17.5 Å². The van der Waals surface area contributed by atoms with Gasteiger partial charge in [-0.25, -0.2) is 8.78 Å². The van der Waals surface area contributed by atoms with Crippen molar-refractivity contribution >= 4 is 5.91 Å². The van der Waals surface area contributed by atoms with Crippen LogP contribution in [0.5, 0.6) is 5.75 Å². The van der Waals surface area contributed by atoms with Crippen LogP contribution in [-0.4, -0.2) is 32.1 Å². The number of amides is 1. The van der Waals surface area contributed by atoms with Crippen LogP contribution in [0.25, 0.3) is 11.1 Å². The molecule has 0 saturated carbocycles. The number of benzene rings is 2. The lowest BCUT2D eigenvalue weighted by atomic mass is 9.95. The zero-order valence-corrected chi connectivity index (χ0v) is 14.8. The molecule has 1 aliphatic heterocycles. The first-order valence-corrected chi connectivity index (χ1v) is 8.64. The fraction of sp³-hybridized carbons (Fsp3) is 0.350. The second-order valence-electron chi connectivity index (χ2n) is 6.59. The Morgan fingerprint density at radius 1 is 1.19 bits per heavy atom. The minimum Gasteiger partial charge on any atom is -0.497 e. The molecule has 1 heterocycles. The number of carbonyl (C=O) groups excluding carboxylic acids is 1. The maximum atomic E-state index is 14.5. The molecule has 2 aromatic rings. The van der Waals surface area contributed by atoms with Crippen LogP contribution in [0.2, 0.25) is 0 Å². The summed E-state index contributed by atoms with van der Waals surface area (Å²) in [6.07, 6.45) is 0.809. The molecule has 2 unspecified atom stereocenters. The monoisotopic (exact) mass is 360 g/mol. The van der Waals surface area contributed by atoms with Crippen LogP contribution in [0.15, 0.2) is 36.4 Å². The minimum atomic E-state index is -0.670. The maximum absolute atomic E-state index is 14.5. The van der Waals surface area contributed by atoms with Gasteiger partial charge >= 0.3 is 0 Å². The average Bonchev–Trinajstić information content (AvgIpc) is 2.63. The number of carbonyl (C=O) groups is 1. The zero-order chi connectivity index (χ0) is 18.7. The summed E-state index contributed by atoms with van der Waals surface area (Å²) in [4.78, 5) is 12.4. The Morgan fingerprint density at radius 2 is 2.00 bits per heavy atom. The van der Waals surface area contributed by atoms with Gasteiger partial charge in [0.2, 0.25) is 0 Å². The highest BCUT2D eigenvalue weighted by Crippen LogP contribution is 2.27. The highest BCUT2D eigenvalue weighted by Gasteiger charge is 2.24. The van der Waals surface area contributed by atoms with Gasteiger partial charge in [0.1, 0.15) is 17.4 Å². The molecule has 1 amide bonds. The summed E-state index contributed by atoms with van der Waals surface area (Å²) in [6, 6.07) is 8.53. The Labute approximate surface area is 151 Å². The number of methoxy groups -OCH3 is 1. The number of hydrogen-bond acceptors (Lipinski definition) is 3. The van der Waals surface area contributed by atoms with Gasteiger partial charge in [-0.15, -0.1) is 0 Å². The van der Waals surface area contributed by atoms with Gasteiger partial charge in [0.15, 0.2) is 0 Å². The summed E-state index contributed by atoms with van der Waals surface area (Å²) >= 11 is 0. The molecule has 0 spiro atoms. The third-order valence-electron chi connectivity index (χ3n) is 4.80. The molecule has 0 aromatic heterocycles. The molecule has 2 aromatic carbocycles. The third kappa shape index (κ3) is 3.85. The summed E-state index contributed by atoms with van der Waals surface area (Å²) in [5.41, 5.74) is 0.589. The molecule has 138 valence electrons. The molecule has 6 heteroatoms. The summed E-state index contributed by atoms with van der Waals surface area (Å²) in [7, 11) is 1.45. The van der Waals surface area contributed by atoms with E-state index in [2.05, 4.69) is 10.6 Å². The van der Waals surface area contributed by atoms with Crippen LogP contribution in [0.4, 0.5) is 8.78 Å². The largest absolute Gasteiger partial charge is 0.497 e. The molecule has 26 heavy (non-hydrogen) atoms. The van der Waals surface area contributed by atoms with Gasteiger partial charge in [0.05, 0.1) is 12.7 Å². The van der Waals surface area contributed by atoms with E-state index in [9.17, 15) is 13.6 Å². The second-order valence-corrected chi connectivity index (χ2v) is 6.59. The van der Waals surface area contributed by atoms with Crippen molar-refractivity contribution in [2.24, 2.45) is 5.92 Å². The Hall–Kier alpha value is -2.47. The van der Waals surface area contributed by atoms with Gasteiger partial charge in [-0.3, -0.25) is 4.79 Å². The number of hydrogen-bond donors (Lipinski definition) is 2. The first kappa shape index (κ1) is 18.3. The number of piperidine rings is 1. The molecule has 3 rings (SSSR count). The summed E-state index contributed by atoms with van der Waals surface area (Å²) in [5.74, 6) is -0.952. The molecular weight excluding hydrogens is 338 g/mol. The lowest BCUT2D eigenvalue weighted by molar-refractivity contribution is 0.0910. The van der Waals surface area contributed by atoms with Crippen molar-refractivity contribution in [2.45, 2.75) is 19.4 Å². The first-order chi connectivity index (χ1) is 12.5. The lowest BCUT2D eigenvalue weighted by Gasteiger charge is -2.30. The van der Waals surface area contributed by atoms with E-state index in [4.69, 9.17) is 4.74 Å². The lowest BCUT2D eigenvalue weighted by Crippen LogP contribution is -2.48. The molecule has 0 radical (unpaired) electrons. The fourth-order valence-corrected chi connectivity index (χ4v) is 3.20. The van der Waals surface area contributed by atoms with E-state index in [0.29, 0.717) is 11.3 Å². The first-order valence-electron chi connectivity index (χ1n) is 8.64. The number of halogens is 2. The predicted molar refractivity (Wildman–Crippen MR) is 96.3 cm³/mol. The Morgan fingerprint density at radius 3 is 2.65 bits per heavy atom. The van der Waals surface area contributed by atoms with E-state index in [1.165, 1.54) is 31.4 Å². The van der Waals surface area contributed by atoms with Crippen LogP contribution >= 0.6 is 0 Å². The molecule has 1 fully saturated rings. The van der Waals surface area contributed by atoms with Crippen molar-refractivity contribution in [3.8, 4) is 16.9 Å². The topological polar surface area (TPSA) is 50.4 Å². The molecule has 2 N–H and O–H groups in total. The normalized spacial score (nSPS) is 19.8. The maximum Gasteiger partial charge on any atom is 0.254 e. The Balaban J connectivity index is 1.80. The predicted octanol–water partition coefficient (Wildman–Crippen LogP) is 3.37. The Kier molecular flexibility index (Phi) is 5.52. The van der Waals surface area contributed by atoms with Gasteiger partial charge in [0, 0.05) is 17.7 Å². The van der Waals surface area contributed by atoms with Gasteiger partial charge in [0.25, 0.3) is 5.91 Å². The smallest absolute Gasteiger partial charge is 0.254 e. The van der Waals surface area contributed by atoms with Crippen molar-refractivity contribution in [2.75, 3.05) is 20.2 Å². The van der Waals surface area contributed by atoms with E-state index in [1.807, 2.05) is 6.92 Å². The van der Waals surface area contributed by atoms with E-state index in [-0.39, 0.29) is 23.1 Å². The van der Waals surface area contributed by atoms with E-state index >= 15 is 0 Å². The van der Waals surface area contributed by atoms with Crippen LogP contribution in [0.1, 0.15) is 23.7 Å². The zero-order valence-electron chi connectivity index (χ0n) is 14.8. The standard InChI is InChI=1S/C20H22F2N2O2/c1-12-11-23-8-7-19(12)24-20(25)16-5-3-13(9-17(16)21)15-6-4-14(26-2)10-18(15)22/h3-6,9-10,12,19,23H,7-8,11H2,1-2H3,(H,24,25). The second kappa shape index (κ2) is 7.83. The van der Waals surface area contributed by atoms with Crippen molar-refractivity contribution in [1.82, 2.24) is 10.6 Å². The minimum absolute atomic E-state index is 0.0156. The summed E-state index contributed by atoms with van der Waals surface area (Å²) < 4.78 is 33.6. The van der Waals surface area contributed by atoms with Gasteiger partial charge in [-0.2, -0.15) is 0 Å². The van der Waals surface area contributed by atoms with Gasteiger partial charge < -0.3 is 15.4 Å². The molecule has 2 atom stereocenters. The summed E-state index contributed by atoms with van der Waals surface area (Å²) in [5, 5.41) is 6.16. The van der Waals surface area contributed by atoms with Crippen molar-refractivity contribution in [3.05, 3.63) is 53.6 Å². The molecule has 0 aliphatic carbocycles. The number of rotatable bonds is 4. The molecule has 1 aliphatic rings. The number of ether oxygens (including phenoxy) is 1. The van der Waals surface area contributed by atoms with Crippen molar-refractivity contribution < 1.29 is 18.3 Å². The van der Waals surface area contributed by atoms with Crippen LogP contribution in [0.3, 0.4) is 0 Å². The summed E-state index contributed by atoms with van der Waals surface area (Å²) in [6.45, 7) is 3.69. The quantitative estimate of drug-likeness (QED) is 0.879. The van der Waals surface area contributed by atoms with Gasteiger partial charge in [-0.05, 0) is 55.3 Å².